The van der Waals surface area contributed by atoms with Gasteiger partial charge in [-0.2, -0.15) is 0 Å². The molecule has 2 rings (SSSR count). The Balaban J connectivity index is 2.11. The van der Waals surface area contributed by atoms with Crippen molar-refractivity contribution in [2.45, 2.75) is 4.90 Å². The lowest BCUT2D eigenvalue weighted by molar-refractivity contribution is -0.387. The minimum absolute atomic E-state index is 0.0176. The molecule has 0 atom stereocenters. The van der Waals surface area contributed by atoms with Gasteiger partial charge in [0.05, 0.1) is 15.6 Å². The van der Waals surface area contributed by atoms with Gasteiger partial charge in [0.15, 0.2) is 0 Å². The summed E-state index contributed by atoms with van der Waals surface area (Å²) < 4.78 is 0. The highest BCUT2D eigenvalue weighted by atomic mass is 32.2. The lowest BCUT2D eigenvalue weighted by atomic mass is 10.2. The molecule has 140 valence electrons. The van der Waals surface area contributed by atoms with Gasteiger partial charge in [0.1, 0.15) is 0 Å². The number of primary amides is 2. The second-order valence-electron chi connectivity index (χ2n) is 5.46. The van der Waals surface area contributed by atoms with Gasteiger partial charge in [0.25, 0.3) is 5.69 Å². The van der Waals surface area contributed by atoms with Crippen LogP contribution in [0.3, 0.4) is 0 Å². The maximum atomic E-state index is 12.4. The number of nitro benzene ring substituents is 1. The van der Waals surface area contributed by atoms with Gasteiger partial charge < -0.3 is 16.4 Å². The Kier molecular flexibility index (Phi) is 6.14. The fourth-order valence-corrected chi connectivity index (χ4v) is 3.08. The summed E-state index contributed by atoms with van der Waals surface area (Å²) in [5.41, 5.74) is 10.9. The van der Waals surface area contributed by atoms with E-state index in [0.29, 0.717) is 11.3 Å². The van der Waals surface area contributed by atoms with E-state index >= 15 is 0 Å². The fourth-order valence-electron chi connectivity index (χ4n) is 2.16. The molecule has 2 aromatic rings. The number of rotatable bonds is 7. The molecule has 3 amide bonds. The number of carbonyl (C=O) groups excluding carboxylic acids is 3. The first-order chi connectivity index (χ1) is 12.7. The van der Waals surface area contributed by atoms with Gasteiger partial charge in [0, 0.05) is 29.9 Å². The zero-order chi connectivity index (χ0) is 20.1. The molecule has 0 heterocycles. The molecule has 2 aromatic carbocycles. The Hall–Kier alpha value is -3.40. The average Bonchev–Trinajstić information content (AvgIpc) is 2.65. The van der Waals surface area contributed by atoms with E-state index in [1.165, 1.54) is 29.2 Å². The first-order valence-corrected chi connectivity index (χ1v) is 8.56. The zero-order valence-electron chi connectivity index (χ0n) is 14.2. The lowest BCUT2D eigenvalue weighted by Crippen LogP contribution is -2.28. The predicted molar refractivity (Wildman–Crippen MR) is 101 cm³/mol. The SMILES string of the molecule is CN(C(=O)CSc1ccc(C(N)=O)cc1[N+](=O)[O-])c1ccc(C(N)=O)cc1. The second kappa shape index (κ2) is 8.32. The van der Waals surface area contributed by atoms with E-state index in [4.69, 9.17) is 11.5 Å². The zero-order valence-corrected chi connectivity index (χ0v) is 15.1. The van der Waals surface area contributed by atoms with Crippen LogP contribution in [0, 0.1) is 10.1 Å². The quantitative estimate of drug-likeness (QED) is 0.417. The van der Waals surface area contributed by atoms with Crippen LogP contribution in [0.25, 0.3) is 0 Å². The maximum absolute atomic E-state index is 12.4. The lowest BCUT2D eigenvalue weighted by Gasteiger charge is -2.17. The molecule has 0 spiro atoms. The molecule has 0 saturated carbocycles. The van der Waals surface area contributed by atoms with Crippen molar-refractivity contribution in [2.24, 2.45) is 11.5 Å². The molecular weight excluding hydrogens is 372 g/mol. The third kappa shape index (κ3) is 4.82. The van der Waals surface area contributed by atoms with E-state index in [1.807, 2.05) is 0 Å². The van der Waals surface area contributed by atoms with Crippen molar-refractivity contribution in [3.63, 3.8) is 0 Å². The van der Waals surface area contributed by atoms with Crippen molar-refractivity contribution < 1.29 is 19.3 Å². The summed E-state index contributed by atoms with van der Waals surface area (Å²) in [5.74, 6) is -1.71. The standard InChI is InChI=1S/C17H16N4O5S/c1-20(12-5-2-10(3-6-12)16(18)23)15(22)9-27-14-7-4-11(17(19)24)8-13(14)21(25)26/h2-8H,9H2,1H3,(H2,18,23)(H2,19,24). The van der Waals surface area contributed by atoms with Gasteiger partial charge >= 0.3 is 0 Å². The normalized spacial score (nSPS) is 10.3. The molecule has 9 nitrogen and oxygen atoms in total. The number of thioether (sulfide) groups is 1. The molecular formula is C17H16N4O5S. The number of nitrogens with two attached hydrogens (primary N) is 2. The third-order valence-electron chi connectivity index (χ3n) is 3.70. The summed E-state index contributed by atoms with van der Waals surface area (Å²) >= 11 is 0.976. The third-order valence-corrected chi connectivity index (χ3v) is 4.75. The van der Waals surface area contributed by atoms with Gasteiger partial charge in [-0.25, -0.2) is 0 Å². The van der Waals surface area contributed by atoms with Crippen LogP contribution in [-0.2, 0) is 4.79 Å². The van der Waals surface area contributed by atoms with Gasteiger partial charge in [-0.15, -0.1) is 11.8 Å². The van der Waals surface area contributed by atoms with E-state index in [0.717, 1.165) is 17.8 Å². The summed E-state index contributed by atoms with van der Waals surface area (Å²) in [6.45, 7) is 0. The van der Waals surface area contributed by atoms with Crippen molar-refractivity contribution in [1.82, 2.24) is 0 Å². The van der Waals surface area contributed by atoms with E-state index in [1.54, 1.807) is 19.2 Å². The number of nitro groups is 1. The first-order valence-electron chi connectivity index (χ1n) is 7.58. The Morgan fingerprint density at radius 1 is 1.04 bits per heavy atom. The molecule has 0 saturated heterocycles. The van der Waals surface area contributed by atoms with Crippen molar-refractivity contribution in [1.29, 1.82) is 0 Å². The summed E-state index contributed by atoms with van der Waals surface area (Å²) in [4.78, 5) is 46.8. The highest BCUT2D eigenvalue weighted by molar-refractivity contribution is 8.00. The van der Waals surface area contributed by atoms with Gasteiger partial charge in [-0.3, -0.25) is 24.5 Å². The minimum atomic E-state index is -0.773. The topological polar surface area (TPSA) is 150 Å². The van der Waals surface area contributed by atoms with Crippen molar-refractivity contribution >= 4 is 40.9 Å². The van der Waals surface area contributed by atoms with Crippen LogP contribution in [0.15, 0.2) is 47.4 Å². The maximum Gasteiger partial charge on any atom is 0.283 e. The van der Waals surface area contributed by atoms with Crippen molar-refractivity contribution in [3.05, 3.63) is 63.7 Å². The molecule has 0 radical (unpaired) electrons. The molecule has 0 bridgehead atoms. The number of benzene rings is 2. The first kappa shape index (κ1) is 19.9. The van der Waals surface area contributed by atoms with Crippen LogP contribution in [-0.4, -0.2) is 35.4 Å². The number of anilines is 1. The molecule has 0 fully saturated rings. The summed E-state index contributed by atoms with van der Waals surface area (Å²) in [7, 11) is 1.55. The molecule has 0 aliphatic rings. The van der Waals surface area contributed by atoms with E-state index < -0.39 is 16.7 Å². The summed E-state index contributed by atoms with van der Waals surface area (Å²) in [5, 5.41) is 11.2. The Morgan fingerprint density at radius 2 is 1.59 bits per heavy atom. The summed E-state index contributed by atoms with van der Waals surface area (Å²) in [6.07, 6.45) is 0. The average molecular weight is 388 g/mol. The highest BCUT2D eigenvalue weighted by Crippen LogP contribution is 2.30. The Morgan fingerprint density at radius 3 is 2.11 bits per heavy atom. The van der Waals surface area contributed by atoms with Crippen LogP contribution in [0.5, 0.6) is 0 Å². The number of carbonyl (C=O) groups is 3. The van der Waals surface area contributed by atoms with Crippen molar-refractivity contribution in [3.8, 4) is 0 Å². The fraction of sp³-hybridized carbons (Fsp3) is 0.118. The molecule has 0 aromatic heterocycles. The second-order valence-corrected chi connectivity index (χ2v) is 6.47. The van der Waals surface area contributed by atoms with Crippen LogP contribution < -0.4 is 16.4 Å². The molecule has 27 heavy (non-hydrogen) atoms. The smallest absolute Gasteiger partial charge is 0.283 e. The Bertz CT molecular complexity index is 914. The number of hydrogen-bond acceptors (Lipinski definition) is 6. The van der Waals surface area contributed by atoms with Crippen LogP contribution in [0.2, 0.25) is 0 Å². The number of nitrogens with zero attached hydrogens (tertiary/aromatic N) is 2. The summed E-state index contributed by atoms with van der Waals surface area (Å²) in [6, 6.07) is 10.00. The molecule has 4 N–H and O–H groups in total. The number of hydrogen-bond donors (Lipinski definition) is 2. The minimum Gasteiger partial charge on any atom is -0.366 e. The molecule has 0 aliphatic heterocycles. The van der Waals surface area contributed by atoms with E-state index in [9.17, 15) is 24.5 Å². The van der Waals surface area contributed by atoms with Crippen LogP contribution in [0.4, 0.5) is 11.4 Å². The van der Waals surface area contributed by atoms with E-state index in [2.05, 4.69) is 0 Å². The molecule has 10 heteroatoms. The number of amides is 3. The van der Waals surface area contributed by atoms with Gasteiger partial charge in [-0.05, 0) is 36.4 Å². The monoisotopic (exact) mass is 388 g/mol. The largest absolute Gasteiger partial charge is 0.366 e. The highest BCUT2D eigenvalue weighted by Gasteiger charge is 2.19. The van der Waals surface area contributed by atoms with Crippen LogP contribution in [0.1, 0.15) is 20.7 Å². The Labute approximate surface area is 158 Å². The predicted octanol–water partition coefficient (Wildman–Crippen LogP) is 1.55. The van der Waals surface area contributed by atoms with Crippen LogP contribution >= 0.6 is 11.8 Å². The van der Waals surface area contributed by atoms with E-state index in [-0.39, 0.29) is 27.8 Å². The molecule has 0 aliphatic carbocycles. The van der Waals surface area contributed by atoms with Gasteiger partial charge in [0.2, 0.25) is 17.7 Å². The molecule has 0 unspecified atom stereocenters. The van der Waals surface area contributed by atoms with Gasteiger partial charge in [-0.1, -0.05) is 0 Å². The van der Waals surface area contributed by atoms with Crippen molar-refractivity contribution in [2.75, 3.05) is 17.7 Å².